The molecule has 2 heterocycles. The Bertz CT molecular complexity index is 987. The molecule has 1 aromatic heterocycles. The second-order valence-corrected chi connectivity index (χ2v) is 8.64. The van der Waals surface area contributed by atoms with Gasteiger partial charge in [0.2, 0.25) is 5.91 Å². The van der Waals surface area contributed by atoms with E-state index in [1.54, 1.807) is 14.2 Å². The third kappa shape index (κ3) is 5.24. The van der Waals surface area contributed by atoms with Gasteiger partial charge in [-0.25, -0.2) is 0 Å². The van der Waals surface area contributed by atoms with Gasteiger partial charge in [0.25, 0.3) is 0 Å². The first-order chi connectivity index (χ1) is 15.7. The molecule has 7 nitrogen and oxygen atoms in total. The predicted octanol–water partition coefficient (Wildman–Crippen LogP) is 4.02. The van der Waals surface area contributed by atoms with E-state index in [2.05, 4.69) is 20.1 Å². The molecule has 32 heavy (non-hydrogen) atoms. The average molecular weight is 453 g/mol. The van der Waals surface area contributed by atoms with Crippen molar-refractivity contribution in [2.24, 2.45) is 0 Å². The normalized spacial score (nSPS) is 13.3. The maximum atomic E-state index is 12.9. The number of nitrogens with one attached hydrogen (secondary N) is 1. The fourth-order valence-corrected chi connectivity index (χ4v) is 4.64. The van der Waals surface area contributed by atoms with Gasteiger partial charge in [0, 0.05) is 13.0 Å². The number of hydrogen-bond acceptors (Lipinski definition) is 6. The summed E-state index contributed by atoms with van der Waals surface area (Å²) >= 11 is 1.44. The fourth-order valence-electron chi connectivity index (χ4n) is 3.85. The Kier molecular flexibility index (Phi) is 7.32. The topological polar surface area (TPSA) is 78.3 Å². The Labute approximate surface area is 192 Å². The highest BCUT2D eigenvalue weighted by molar-refractivity contribution is 7.99. The molecular weight excluding hydrogens is 424 g/mol. The van der Waals surface area contributed by atoms with E-state index in [1.165, 1.54) is 18.2 Å². The summed E-state index contributed by atoms with van der Waals surface area (Å²) in [5.41, 5.74) is 1.95. The first-order valence-corrected chi connectivity index (χ1v) is 11.8. The standard InChI is InChI=1S/C24H28N4O3S/c1-30-19-11-7-17(8-12-19)23(18-9-13-20(31-2)14-10-18)25-22(29)16-32-24-27-26-21-6-4-3-5-15-28(21)24/h7-14,23H,3-6,15-16H2,1-2H3,(H,25,29). The van der Waals surface area contributed by atoms with Crippen LogP contribution in [0, 0.1) is 0 Å². The highest BCUT2D eigenvalue weighted by Crippen LogP contribution is 2.27. The van der Waals surface area contributed by atoms with Gasteiger partial charge in [-0.2, -0.15) is 0 Å². The van der Waals surface area contributed by atoms with Gasteiger partial charge in [-0.1, -0.05) is 42.4 Å². The van der Waals surface area contributed by atoms with Crippen LogP contribution in [0.3, 0.4) is 0 Å². The van der Waals surface area contributed by atoms with Gasteiger partial charge in [-0.15, -0.1) is 10.2 Å². The van der Waals surface area contributed by atoms with Crippen molar-refractivity contribution in [1.82, 2.24) is 20.1 Å². The molecule has 0 aliphatic carbocycles. The van der Waals surface area contributed by atoms with Gasteiger partial charge in [0.05, 0.1) is 26.0 Å². The molecule has 0 spiro atoms. The zero-order chi connectivity index (χ0) is 22.3. The molecule has 0 radical (unpaired) electrons. The van der Waals surface area contributed by atoms with Crippen molar-refractivity contribution < 1.29 is 14.3 Å². The first kappa shape index (κ1) is 22.2. The van der Waals surface area contributed by atoms with Gasteiger partial charge in [0.15, 0.2) is 5.16 Å². The number of amides is 1. The number of ether oxygens (including phenoxy) is 2. The number of fused-ring (bicyclic) bond motifs is 1. The number of thioether (sulfide) groups is 1. The Morgan fingerprint density at radius 3 is 2.19 bits per heavy atom. The lowest BCUT2D eigenvalue weighted by Crippen LogP contribution is -2.30. The Morgan fingerprint density at radius 1 is 0.969 bits per heavy atom. The zero-order valence-electron chi connectivity index (χ0n) is 18.4. The molecular formula is C24H28N4O3S. The quantitative estimate of drug-likeness (QED) is 0.520. The molecule has 1 amide bonds. The number of nitrogens with zero attached hydrogens (tertiary/aromatic N) is 3. The van der Waals surface area contributed by atoms with Gasteiger partial charge in [-0.3, -0.25) is 4.79 Å². The SMILES string of the molecule is COc1ccc(C(NC(=O)CSc2nnc3n2CCCCC3)c2ccc(OC)cc2)cc1. The summed E-state index contributed by atoms with van der Waals surface area (Å²) in [5.74, 6) is 2.80. The van der Waals surface area contributed by atoms with Crippen LogP contribution < -0.4 is 14.8 Å². The molecule has 3 aromatic rings. The van der Waals surface area contributed by atoms with Crippen LogP contribution in [0.1, 0.15) is 42.3 Å². The van der Waals surface area contributed by atoms with E-state index < -0.39 is 0 Å². The molecule has 0 fully saturated rings. The molecule has 0 atom stereocenters. The second kappa shape index (κ2) is 10.5. The van der Waals surface area contributed by atoms with Crippen LogP contribution in [-0.4, -0.2) is 40.6 Å². The lowest BCUT2D eigenvalue weighted by Gasteiger charge is -2.20. The van der Waals surface area contributed by atoms with Crippen molar-refractivity contribution in [3.63, 3.8) is 0 Å². The molecule has 1 aliphatic rings. The van der Waals surface area contributed by atoms with Crippen molar-refractivity contribution in [1.29, 1.82) is 0 Å². The average Bonchev–Trinajstić information content (AvgIpc) is 3.07. The van der Waals surface area contributed by atoms with Crippen LogP contribution in [-0.2, 0) is 17.8 Å². The third-order valence-corrected chi connectivity index (χ3v) is 6.58. The summed E-state index contributed by atoms with van der Waals surface area (Å²) in [4.78, 5) is 12.9. The first-order valence-electron chi connectivity index (χ1n) is 10.8. The van der Waals surface area contributed by atoms with E-state index >= 15 is 0 Å². The molecule has 0 saturated heterocycles. The van der Waals surface area contributed by atoms with E-state index in [4.69, 9.17) is 9.47 Å². The highest BCUT2D eigenvalue weighted by atomic mass is 32.2. The van der Waals surface area contributed by atoms with Crippen molar-refractivity contribution in [3.05, 3.63) is 65.5 Å². The zero-order valence-corrected chi connectivity index (χ0v) is 19.2. The highest BCUT2D eigenvalue weighted by Gasteiger charge is 2.20. The minimum absolute atomic E-state index is 0.0578. The molecule has 1 N–H and O–H groups in total. The second-order valence-electron chi connectivity index (χ2n) is 7.70. The maximum Gasteiger partial charge on any atom is 0.231 e. The van der Waals surface area contributed by atoms with Crippen LogP contribution in [0.2, 0.25) is 0 Å². The van der Waals surface area contributed by atoms with E-state index in [9.17, 15) is 4.79 Å². The van der Waals surface area contributed by atoms with Gasteiger partial charge < -0.3 is 19.4 Å². The van der Waals surface area contributed by atoms with Crippen molar-refractivity contribution in [3.8, 4) is 11.5 Å². The smallest absolute Gasteiger partial charge is 0.231 e. The van der Waals surface area contributed by atoms with Gasteiger partial charge in [-0.05, 0) is 48.2 Å². The Balaban J connectivity index is 1.48. The number of methoxy groups -OCH3 is 2. The van der Waals surface area contributed by atoms with Crippen LogP contribution in [0.15, 0.2) is 53.7 Å². The summed E-state index contributed by atoms with van der Waals surface area (Å²) in [6.45, 7) is 0.923. The third-order valence-electron chi connectivity index (χ3n) is 5.61. The fraction of sp³-hybridized carbons (Fsp3) is 0.375. The molecule has 2 aromatic carbocycles. The molecule has 168 valence electrons. The predicted molar refractivity (Wildman–Crippen MR) is 124 cm³/mol. The maximum absolute atomic E-state index is 12.9. The number of aryl methyl sites for hydroxylation is 1. The molecule has 8 heteroatoms. The summed E-state index contributed by atoms with van der Waals surface area (Å²) in [6.07, 6.45) is 4.44. The number of rotatable bonds is 8. The summed E-state index contributed by atoms with van der Waals surface area (Å²) in [7, 11) is 3.28. The van der Waals surface area contributed by atoms with E-state index in [0.29, 0.717) is 0 Å². The number of carbonyl (C=O) groups excluding carboxylic acids is 1. The Morgan fingerprint density at radius 2 is 1.59 bits per heavy atom. The van der Waals surface area contributed by atoms with E-state index in [-0.39, 0.29) is 17.7 Å². The van der Waals surface area contributed by atoms with Crippen LogP contribution in [0.25, 0.3) is 0 Å². The van der Waals surface area contributed by atoms with E-state index in [1.807, 2.05) is 48.5 Å². The van der Waals surface area contributed by atoms with Crippen molar-refractivity contribution >= 4 is 17.7 Å². The molecule has 4 rings (SSSR count). The number of hydrogen-bond donors (Lipinski definition) is 1. The molecule has 1 aliphatic heterocycles. The van der Waals surface area contributed by atoms with Gasteiger partial charge in [0.1, 0.15) is 17.3 Å². The molecule has 0 unspecified atom stereocenters. The van der Waals surface area contributed by atoms with E-state index in [0.717, 1.165) is 59.4 Å². The lowest BCUT2D eigenvalue weighted by molar-refractivity contribution is -0.119. The number of benzene rings is 2. The van der Waals surface area contributed by atoms with Crippen molar-refractivity contribution in [2.45, 2.75) is 43.4 Å². The molecule has 0 saturated carbocycles. The van der Waals surface area contributed by atoms with Gasteiger partial charge >= 0.3 is 0 Å². The monoisotopic (exact) mass is 452 g/mol. The lowest BCUT2D eigenvalue weighted by atomic mass is 9.98. The summed E-state index contributed by atoms with van der Waals surface area (Å²) in [6, 6.07) is 15.2. The van der Waals surface area contributed by atoms with Crippen LogP contribution in [0.4, 0.5) is 0 Å². The minimum Gasteiger partial charge on any atom is -0.497 e. The van der Waals surface area contributed by atoms with Crippen LogP contribution in [0.5, 0.6) is 11.5 Å². The Hall–Kier alpha value is -3.00. The van der Waals surface area contributed by atoms with Crippen LogP contribution >= 0.6 is 11.8 Å². The number of carbonyl (C=O) groups is 1. The number of aromatic nitrogens is 3. The summed E-state index contributed by atoms with van der Waals surface area (Å²) in [5, 5.41) is 12.6. The van der Waals surface area contributed by atoms with Crippen molar-refractivity contribution in [2.75, 3.05) is 20.0 Å². The molecule has 0 bridgehead atoms. The largest absolute Gasteiger partial charge is 0.497 e. The summed E-state index contributed by atoms with van der Waals surface area (Å²) < 4.78 is 12.7. The minimum atomic E-state index is -0.282.